The first-order valence-corrected chi connectivity index (χ1v) is 6.74. The molecule has 3 N–H and O–H groups in total. The number of carbonyl (C=O) groups is 2. The van der Waals surface area contributed by atoms with Crippen LogP contribution >= 0.6 is 15.9 Å². The molecule has 0 radical (unpaired) electrons. The van der Waals surface area contributed by atoms with Crippen molar-refractivity contribution in [1.82, 2.24) is 0 Å². The average molecular weight is 333 g/mol. The van der Waals surface area contributed by atoms with E-state index in [0.717, 1.165) is 4.47 Å². The van der Waals surface area contributed by atoms with Crippen LogP contribution in [0.15, 0.2) is 46.9 Å². The van der Waals surface area contributed by atoms with Crippen molar-refractivity contribution in [3.63, 3.8) is 0 Å². The van der Waals surface area contributed by atoms with E-state index in [9.17, 15) is 9.59 Å². The lowest BCUT2D eigenvalue weighted by Gasteiger charge is -2.07. The van der Waals surface area contributed by atoms with Crippen LogP contribution in [0.2, 0.25) is 0 Å². The van der Waals surface area contributed by atoms with Crippen LogP contribution in [0.5, 0.6) is 0 Å². The van der Waals surface area contributed by atoms with Gasteiger partial charge in [0.05, 0.1) is 0 Å². The number of amides is 1. The summed E-state index contributed by atoms with van der Waals surface area (Å²) in [5, 5.41) is 2.74. The molecule has 2 rings (SSSR count). The largest absolute Gasteiger partial charge is 0.398 e. The molecule has 1 amide bonds. The van der Waals surface area contributed by atoms with E-state index >= 15 is 0 Å². The third kappa shape index (κ3) is 3.24. The Hall–Kier alpha value is -2.14. The second-order valence-corrected chi connectivity index (χ2v) is 5.18. The fourth-order valence-electron chi connectivity index (χ4n) is 1.70. The molecule has 0 aliphatic carbocycles. The lowest BCUT2D eigenvalue weighted by atomic mass is 10.1. The van der Waals surface area contributed by atoms with Gasteiger partial charge in [-0.25, -0.2) is 0 Å². The second-order valence-electron chi connectivity index (χ2n) is 4.33. The molecule has 0 saturated carbocycles. The first-order chi connectivity index (χ1) is 9.47. The number of benzene rings is 2. The standard InChI is InChI=1S/C15H13BrN2O2/c1-9(19)10-3-2-4-12(7-10)18-15(20)11-5-6-13(16)14(17)8-11/h2-8H,17H2,1H3,(H,18,20). The molecule has 0 fully saturated rings. The monoisotopic (exact) mass is 332 g/mol. The summed E-state index contributed by atoms with van der Waals surface area (Å²) in [4.78, 5) is 23.4. The number of nitrogens with two attached hydrogens (primary N) is 1. The molecule has 4 nitrogen and oxygen atoms in total. The Kier molecular flexibility index (Phi) is 4.20. The number of nitrogen functional groups attached to an aromatic ring is 1. The van der Waals surface area contributed by atoms with Crippen LogP contribution in [0.3, 0.4) is 0 Å². The van der Waals surface area contributed by atoms with Crippen LogP contribution in [0.1, 0.15) is 27.6 Å². The molecule has 0 heterocycles. The highest BCUT2D eigenvalue weighted by atomic mass is 79.9. The van der Waals surface area contributed by atoms with Gasteiger partial charge < -0.3 is 11.1 Å². The Morgan fingerprint density at radius 2 is 1.85 bits per heavy atom. The molecule has 0 aromatic heterocycles. The Bertz CT molecular complexity index is 683. The van der Waals surface area contributed by atoms with Crippen molar-refractivity contribution < 1.29 is 9.59 Å². The predicted molar refractivity (Wildman–Crippen MR) is 83.0 cm³/mol. The molecule has 0 unspecified atom stereocenters. The summed E-state index contributed by atoms with van der Waals surface area (Å²) < 4.78 is 0.743. The number of hydrogen-bond acceptors (Lipinski definition) is 3. The maximum Gasteiger partial charge on any atom is 0.255 e. The fraction of sp³-hybridized carbons (Fsp3) is 0.0667. The molecule has 20 heavy (non-hydrogen) atoms. The summed E-state index contributed by atoms with van der Waals surface area (Å²) in [6, 6.07) is 11.8. The van der Waals surface area contributed by atoms with Crippen LogP contribution < -0.4 is 11.1 Å². The van der Waals surface area contributed by atoms with E-state index in [1.165, 1.54) is 6.92 Å². The fourth-order valence-corrected chi connectivity index (χ4v) is 1.95. The van der Waals surface area contributed by atoms with E-state index in [-0.39, 0.29) is 11.7 Å². The molecule has 0 aliphatic rings. The SMILES string of the molecule is CC(=O)c1cccc(NC(=O)c2ccc(Br)c(N)c2)c1. The van der Waals surface area contributed by atoms with Crippen molar-refractivity contribution in [1.29, 1.82) is 0 Å². The molecule has 2 aromatic carbocycles. The van der Waals surface area contributed by atoms with Gasteiger partial charge in [0.25, 0.3) is 5.91 Å². The number of halogens is 1. The normalized spacial score (nSPS) is 10.1. The van der Waals surface area contributed by atoms with Crippen molar-refractivity contribution >= 4 is 39.0 Å². The lowest BCUT2D eigenvalue weighted by Crippen LogP contribution is -2.12. The van der Waals surface area contributed by atoms with Gasteiger partial charge in [-0.05, 0) is 53.2 Å². The zero-order chi connectivity index (χ0) is 14.7. The van der Waals surface area contributed by atoms with E-state index in [1.807, 2.05) is 0 Å². The zero-order valence-electron chi connectivity index (χ0n) is 10.8. The third-order valence-electron chi connectivity index (χ3n) is 2.79. The third-order valence-corrected chi connectivity index (χ3v) is 3.51. The number of nitrogens with one attached hydrogen (secondary N) is 1. The molecule has 0 spiro atoms. The molecule has 0 aliphatic heterocycles. The highest BCUT2D eigenvalue weighted by Crippen LogP contribution is 2.21. The maximum absolute atomic E-state index is 12.1. The van der Waals surface area contributed by atoms with Gasteiger partial charge in [-0.1, -0.05) is 12.1 Å². The summed E-state index contributed by atoms with van der Waals surface area (Å²) in [5.41, 5.74) is 7.82. The second kappa shape index (κ2) is 5.88. The van der Waals surface area contributed by atoms with Gasteiger partial charge in [-0.3, -0.25) is 9.59 Å². The van der Waals surface area contributed by atoms with Gasteiger partial charge in [0.1, 0.15) is 0 Å². The highest BCUT2D eigenvalue weighted by Gasteiger charge is 2.09. The van der Waals surface area contributed by atoms with Crippen LogP contribution in [0, 0.1) is 0 Å². The number of hydrogen-bond donors (Lipinski definition) is 2. The number of carbonyl (C=O) groups excluding carboxylic acids is 2. The van der Waals surface area contributed by atoms with E-state index in [0.29, 0.717) is 22.5 Å². The molecule has 0 bridgehead atoms. The first kappa shape index (κ1) is 14.3. The number of Topliss-reactive ketones (excluding diaryl/α,β-unsaturated/α-hetero) is 1. The molecule has 5 heteroatoms. The number of rotatable bonds is 3. The van der Waals surface area contributed by atoms with Gasteiger partial charge >= 0.3 is 0 Å². The van der Waals surface area contributed by atoms with Crippen molar-refractivity contribution in [2.75, 3.05) is 11.1 Å². The number of anilines is 2. The van der Waals surface area contributed by atoms with E-state index < -0.39 is 0 Å². The molecule has 102 valence electrons. The zero-order valence-corrected chi connectivity index (χ0v) is 12.4. The van der Waals surface area contributed by atoms with Crippen molar-refractivity contribution in [3.8, 4) is 0 Å². The Balaban J connectivity index is 2.21. The van der Waals surface area contributed by atoms with Crippen molar-refractivity contribution in [3.05, 3.63) is 58.1 Å². The Morgan fingerprint density at radius 3 is 2.50 bits per heavy atom. The van der Waals surface area contributed by atoms with Gasteiger partial charge in [-0.2, -0.15) is 0 Å². The van der Waals surface area contributed by atoms with E-state index in [1.54, 1.807) is 42.5 Å². The number of ketones is 1. The molecule has 2 aromatic rings. The highest BCUT2D eigenvalue weighted by molar-refractivity contribution is 9.10. The minimum atomic E-state index is -0.273. The van der Waals surface area contributed by atoms with Gasteiger partial charge in [0, 0.05) is 27.0 Å². The minimum Gasteiger partial charge on any atom is -0.398 e. The van der Waals surface area contributed by atoms with Crippen LogP contribution in [-0.2, 0) is 0 Å². The van der Waals surface area contributed by atoms with Crippen molar-refractivity contribution in [2.45, 2.75) is 6.92 Å². The summed E-state index contributed by atoms with van der Waals surface area (Å²) in [5.74, 6) is -0.320. The van der Waals surface area contributed by atoms with E-state index in [4.69, 9.17) is 5.73 Å². The Morgan fingerprint density at radius 1 is 1.10 bits per heavy atom. The quantitative estimate of drug-likeness (QED) is 0.667. The maximum atomic E-state index is 12.1. The average Bonchev–Trinajstić information content (AvgIpc) is 2.42. The molecule has 0 saturated heterocycles. The topological polar surface area (TPSA) is 72.2 Å². The van der Waals surface area contributed by atoms with Gasteiger partial charge in [-0.15, -0.1) is 0 Å². The predicted octanol–water partition coefficient (Wildman–Crippen LogP) is 3.49. The summed E-state index contributed by atoms with van der Waals surface area (Å²) in [6.45, 7) is 1.48. The van der Waals surface area contributed by atoms with Crippen molar-refractivity contribution in [2.24, 2.45) is 0 Å². The summed E-state index contributed by atoms with van der Waals surface area (Å²) in [6.07, 6.45) is 0. The molecule has 0 atom stereocenters. The molecular weight excluding hydrogens is 320 g/mol. The minimum absolute atomic E-state index is 0.0472. The van der Waals surface area contributed by atoms with E-state index in [2.05, 4.69) is 21.2 Å². The lowest BCUT2D eigenvalue weighted by molar-refractivity contribution is 0.101. The smallest absolute Gasteiger partial charge is 0.255 e. The molecular formula is C15H13BrN2O2. The van der Waals surface area contributed by atoms with Gasteiger partial charge in [0.2, 0.25) is 0 Å². The summed E-state index contributed by atoms with van der Waals surface area (Å²) >= 11 is 3.28. The van der Waals surface area contributed by atoms with Gasteiger partial charge in [0.15, 0.2) is 5.78 Å². The summed E-state index contributed by atoms with van der Waals surface area (Å²) in [7, 11) is 0. The first-order valence-electron chi connectivity index (χ1n) is 5.95. The van der Waals surface area contributed by atoms with Crippen LogP contribution in [-0.4, -0.2) is 11.7 Å². The van der Waals surface area contributed by atoms with Crippen LogP contribution in [0.4, 0.5) is 11.4 Å². The van der Waals surface area contributed by atoms with Crippen LogP contribution in [0.25, 0.3) is 0 Å². The Labute approximate surface area is 125 Å².